The first kappa shape index (κ1) is 38.5. The first-order valence-electron chi connectivity index (χ1n) is 16.7. The number of fused-ring (bicyclic) bond motifs is 1. The van der Waals surface area contributed by atoms with E-state index in [1.807, 2.05) is 27.7 Å². The molecule has 0 aromatic carbocycles. The van der Waals surface area contributed by atoms with Crippen LogP contribution in [-0.2, 0) is 29.0 Å². The van der Waals surface area contributed by atoms with Crippen LogP contribution in [0.15, 0.2) is 11.3 Å². The van der Waals surface area contributed by atoms with Gasteiger partial charge in [0.25, 0.3) is 11.8 Å². The first-order valence-corrected chi connectivity index (χ1v) is 18.4. The fourth-order valence-corrected chi connectivity index (χ4v) is 8.38. The lowest BCUT2D eigenvalue weighted by Crippen LogP contribution is -2.62. The molecule has 3 aliphatic rings. The molecule has 13 heteroatoms. The molecule has 2 aliphatic carbocycles. The Morgan fingerprint density at radius 3 is 2.00 bits per heavy atom. The summed E-state index contributed by atoms with van der Waals surface area (Å²) in [4.78, 5) is 67.7. The monoisotopic (exact) mass is 679 g/mol. The molecule has 2 unspecified atom stereocenters. The van der Waals surface area contributed by atoms with Crippen molar-refractivity contribution in [1.82, 2.24) is 20.9 Å². The standard InChI is InChI=1S/C34H57N5O7S/c1-19(2)16-34(11,18-47(45,46)32(6,7)8)38-30(44)37-26(31(3,4)5)29(43)39-17-21-23(33(21,9)10)24(39)28(42)36-22(25(40)27(35)41)15-20-13-12-14-20/h19-22,26H,12-18H2,1-11H3,(H2,35,41)(H,36,42)(H2,37,38,44)/t21?,22?,26-,34+/m1/s1. The van der Waals surface area contributed by atoms with Crippen molar-refractivity contribution in [1.29, 1.82) is 0 Å². The van der Waals surface area contributed by atoms with E-state index in [1.165, 1.54) is 4.90 Å². The maximum absolute atomic E-state index is 14.3. The summed E-state index contributed by atoms with van der Waals surface area (Å²) in [5, 5.41) is 8.40. The van der Waals surface area contributed by atoms with Gasteiger partial charge in [-0.3, -0.25) is 19.2 Å². The topological polar surface area (TPSA) is 185 Å². The fraction of sp³-hybridized carbons (Fsp3) is 0.794. The SMILES string of the molecule is CC(C)C[C@@](C)(CS(=O)(=O)C(C)(C)C)NC(=O)N[C@H](C(=O)N1CC2C(=C1C(=O)NC(CC1CCC1)C(=O)C(N)=O)C2(C)C)C(C)(C)C. The van der Waals surface area contributed by atoms with Crippen LogP contribution < -0.4 is 21.7 Å². The number of ketones is 1. The van der Waals surface area contributed by atoms with Gasteiger partial charge in [0, 0.05) is 12.5 Å². The average Bonchev–Trinajstić information content (AvgIpc) is 3.17. The zero-order chi connectivity index (χ0) is 36.1. The van der Waals surface area contributed by atoms with E-state index >= 15 is 0 Å². The quantitative estimate of drug-likeness (QED) is 0.215. The first-order chi connectivity index (χ1) is 21.2. The number of nitrogens with one attached hydrogen (secondary N) is 3. The maximum atomic E-state index is 14.3. The highest BCUT2D eigenvalue weighted by atomic mass is 32.2. The number of rotatable bonds is 13. The third-order valence-electron chi connectivity index (χ3n) is 9.96. The zero-order valence-electron chi connectivity index (χ0n) is 30.1. The highest BCUT2D eigenvalue weighted by Gasteiger charge is 2.62. The van der Waals surface area contributed by atoms with Gasteiger partial charge in [0.05, 0.1) is 22.1 Å². The van der Waals surface area contributed by atoms with Crippen molar-refractivity contribution in [3.05, 3.63) is 11.3 Å². The second-order valence-electron chi connectivity index (χ2n) is 17.2. The smallest absolute Gasteiger partial charge is 0.315 e. The predicted octanol–water partition coefficient (Wildman–Crippen LogP) is 3.20. The summed E-state index contributed by atoms with van der Waals surface area (Å²) in [5.41, 5.74) is 3.98. The minimum atomic E-state index is -3.61. The summed E-state index contributed by atoms with van der Waals surface area (Å²) in [5.74, 6) is -3.23. The molecule has 1 aliphatic heterocycles. The van der Waals surface area contributed by atoms with E-state index in [0.29, 0.717) is 12.8 Å². The Hall–Kier alpha value is -2.96. The van der Waals surface area contributed by atoms with E-state index in [-0.39, 0.29) is 41.2 Å². The Kier molecular flexibility index (Phi) is 10.8. The molecule has 2 fully saturated rings. The number of amides is 5. The van der Waals surface area contributed by atoms with Crippen molar-refractivity contribution in [2.24, 2.45) is 34.3 Å². The molecule has 47 heavy (non-hydrogen) atoms. The molecule has 0 bridgehead atoms. The van der Waals surface area contributed by atoms with Crippen LogP contribution in [0.25, 0.3) is 0 Å². The normalized spacial score (nSPS) is 22.0. The summed E-state index contributed by atoms with van der Waals surface area (Å²) in [7, 11) is -3.61. The summed E-state index contributed by atoms with van der Waals surface area (Å²) in [6, 6.07) is -2.88. The van der Waals surface area contributed by atoms with Gasteiger partial charge in [-0.25, -0.2) is 13.2 Å². The number of nitrogens with two attached hydrogens (primary N) is 1. The Morgan fingerprint density at radius 2 is 1.55 bits per heavy atom. The Bertz CT molecular complexity index is 1430. The van der Waals surface area contributed by atoms with Crippen LogP contribution in [0.4, 0.5) is 4.79 Å². The van der Waals surface area contributed by atoms with Crippen molar-refractivity contribution in [3.8, 4) is 0 Å². The summed E-state index contributed by atoms with van der Waals surface area (Å²) < 4.78 is 25.4. The molecule has 0 spiro atoms. The molecule has 1 heterocycles. The highest BCUT2D eigenvalue weighted by Crippen LogP contribution is 2.63. The number of hydrogen-bond acceptors (Lipinski definition) is 7. The van der Waals surface area contributed by atoms with Gasteiger partial charge in [-0.15, -0.1) is 0 Å². The number of sulfone groups is 1. The van der Waals surface area contributed by atoms with Crippen LogP contribution in [0.3, 0.4) is 0 Å². The van der Waals surface area contributed by atoms with Gasteiger partial charge in [-0.1, -0.05) is 67.7 Å². The summed E-state index contributed by atoms with van der Waals surface area (Å²) >= 11 is 0. The van der Waals surface area contributed by atoms with Gasteiger partial charge >= 0.3 is 6.03 Å². The summed E-state index contributed by atoms with van der Waals surface area (Å²) in [6.07, 6.45) is 3.48. The lowest BCUT2D eigenvalue weighted by Gasteiger charge is -2.38. The van der Waals surface area contributed by atoms with Gasteiger partial charge < -0.3 is 26.6 Å². The van der Waals surface area contributed by atoms with Gasteiger partial charge in [-0.2, -0.15) is 0 Å². The molecule has 2 saturated carbocycles. The third-order valence-corrected chi connectivity index (χ3v) is 12.8. The number of carbonyl (C=O) groups excluding carboxylic acids is 5. The van der Waals surface area contributed by atoms with Crippen LogP contribution in [0.2, 0.25) is 0 Å². The lowest BCUT2D eigenvalue weighted by molar-refractivity contribution is -0.139. The van der Waals surface area contributed by atoms with Crippen molar-refractivity contribution >= 4 is 39.4 Å². The molecule has 4 atom stereocenters. The molecule has 12 nitrogen and oxygen atoms in total. The minimum absolute atomic E-state index is 0.0671. The van der Waals surface area contributed by atoms with Gasteiger partial charge in [-0.05, 0) is 68.8 Å². The van der Waals surface area contributed by atoms with Crippen molar-refractivity contribution in [3.63, 3.8) is 0 Å². The van der Waals surface area contributed by atoms with Crippen LogP contribution >= 0.6 is 0 Å². The molecule has 5 N–H and O–H groups in total. The number of Topliss-reactive ketones (excluding diaryl/α,β-unsaturated/α-hetero) is 1. The summed E-state index contributed by atoms with van der Waals surface area (Å²) in [6.45, 7) is 20.0. The van der Waals surface area contributed by atoms with Gasteiger partial charge in [0.1, 0.15) is 11.7 Å². The van der Waals surface area contributed by atoms with Crippen molar-refractivity contribution in [2.45, 2.75) is 131 Å². The second kappa shape index (κ2) is 13.2. The van der Waals surface area contributed by atoms with Gasteiger partial charge in [0.2, 0.25) is 11.7 Å². The highest BCUT2D eigenvalue weighted by molar-refractivity contribution is 7.92. The number of nitrogens with zero attached hydrogens (tertiary/aromatic N) is 1. The average molecular weight is 680 g/mol. The largest absolute Gasteiger partial charge is 0.363 e. The Balaban J connectivity index is 1.89. The van der Waals surface area contributed by atoms with E-state index in [0.717, 1.165) is 24.8 Å². The van der Waals surface area contributed by atoms with Gasteiger partial charge in [0.15, 0.2) is 9.84 Å². The Labute approximate surface area is 280 Å². The molecular weight excluding hydrogens is 622 g/mol. The zero-order valence-corrected chi connectivity index (χ0v) is 30.9. The molecule has 0 radical (unpaired) electrons. The molecule has 266 valence electrons. The van der Waals surface area contributed by atoms with E-state index in [9.17, 15) is 32.4 Å². The van der Waals surface area contributed by atoms with E-state index in [4.69, 9.17) is 5.73 Å². The fourth-order valence-electron chi connectivity index (χ4n) is 6.91. The molecule has 5 amide bonds. The number of primary amides is 1. The van der Waals surface area contributed by atoms with Crippen LogP contribution in [0, 0.1) is 28.6 Å². The third kappa shape index (κ3) is 8.56. The minimum Gasteiger partial charge on any atom is -0.363 e. The Morgan fingerprint density at radius 1 is 0.979 bits per heavy atom. The van der Waals surface area contributed by atoms with E-state index in [2.05, 4.69) is 16.0 Å². The van der Waals surface area contributed by atoms with Crippen molar-refractivity contribution in [2.75, 3.05) is 12.3 Å². The van der Waals surface area contributed by atoms with Crippen LogP contribution in [0.1, 0.15) is 108 Å². The predicted molar refractivity (Wildman–Crippen MR) is 180 cm³/mol. The molecule has 3 rings (SSSR count). The molecule has 0 aromatic heterocycles. The molecule has 0 aromatic rings. The van der Waals surface area contributed by atoms with E-state index < -0.39 is 67.2 Å². The van der Waals surface area contributed by atoms with E-state index in [1.54, 1.807) is 48.5 Å². The number of urea groups is 1. The maximum Gasteiger partial charge on any atom is 0.315 e. The van der Waals surface area contributed by atoms with Crippen LogP contribution in [0.5, 0.6) is 0 Å². The number of carbonyl (C=O) groups is 5. The second-order valence-corrected chi connectivity index (χ2v) is 19.9. The molecule has 0 saturated heterocycles. The number of hydrogen-bond donors (Lipinski definition) is 4. The van der Waals surface area contributed by atoms with Crippen molar-refractivity contribution < 1.29 is 32.4 Å². The lowest BCUT2D eigenvalue weighted by atomic mass is 9.80. The molecular formula is C34H57N5O7S. The van der Waals surface area contributed by atoms with Crippen LogP contribution in [-0.4, -0.2) is 77.5 Å².